The number of benzene rings is 1. The Morgan fingerprint density at radius 1 is 1.38 bits per heavy atom. The number of carbonyl (C=O) groups is 2. The average Bonchev–Trinajstić information content (AvgIpc) is 2.50. The van der Waals surface area contributed by atoms with E-state index >= 15 is 0 Å². The number of esters is 1. The zero-order valence-electron chi connectivity index (χ0n) is 12.4. The molecule has 1 heterocycles. The summed E-state index contributed by atoms with van der Waals surface area (Å²) in [5.74, 6) is -0.345. The van der Waals surface area contributed by atoms with Gasteiger partial charge in [0.1, 0.15) is 6.61 Å². The Bertz CT molecular complexity index is 474. The van der Waals surface area contributed by atoms with Crippen LogP contribution < -0.4 is 5.32 Å². The first kappa shape index (κ1) is 15.5. The van der Waals surface area contributed by atoms with Crippen LogP contribution in [0.4, 0.5) is 0 Å². The molecule has 0 saturated carbocycles. The third-order valence-corrected chi connectivity index (χ3v) is 3.49. The van der Waals surface area contributed by atoms with E-state index in [2.05, 4.69) is 5.32 Å². The Morgan fingerprint density at radius 3 is 2.86 bits per heavy atom. The molecule has 21 heavy (non-hydrogen) atoms. The normalized spacial score (nSPS) is 18.6. The van der Waals surface area contributed by atoms with Crippen LogP contribution in [-0.4, -0.2) is 42.5 Å². The monoisotopic (exact) mass is 290 g/mol. The van der Waals surface area contributed by atoms with Crippen LogP contribution >= 0.6 is 0 Å². The molecule has 1 amide bonds. The lowest BCUT2D eigenvalue weighted by Crippen LogP contribution is -2.55. The lowest BCUT2D eigenvalue weighted by atomic mass is 10.1. The van der Waals surface area contributed by atoms with Gasteiger partial charge in [0, 0.05) is 19.6 Å². The molecule has 0 spiro atoms. The summed E-state index contributed by atoms with van der Waals surface area (Å²) in [4.78, 5) is 25.9. The van der Waals surface area contributed by atoms with Crippen LogP contribution in [0.15, 0.2) is 30.3 Å². The highest BCUT2D eigenvalue weighted by atomic mass is 16.5. The van der Waals surface area contributed by atoms with Gasteiger partial charge in [0.15, 0.2) is 0 Å². The molecule has 1 aliphatic rings. The number of hydrogen-bond donors (Lipinski definition) is 1. The van der Waals surface area contributed by atoms with E-state index in [4.69, 9.17) is 4.74 Å². The zero-order chi connectivity index (χ0) is 15.1. The van der Waals surface area contributed by atoms with Crippen LogP contribution in [0.1, 0.15) is 25.3 Å². The molecular formula is C16H22N2O3. The topological polar surface area (TPSA) is 58.6 Å². The van der Waals surface area contributed by atoms with Crippen molar-refractivity contribution in [2.75, 3.05) is 19.6 Å². The molecule has 1 aromatic carbocycles. The third kappa shape index (κ3) is 4.56. The van der Waals surface area contributed by atoms with E-state index in [-0.39, 0.29) is 24.9 Å². The van der Waals surface area contributed by atoms with Gasteiger partial charge < -0.3 is 15.0 Å². The molecular weight excluding hydrogens is 268 g/mol. The van der Waals surface area contributed by atoms with Gasteiger partial charge in [0.2, 0.25) is 5.91 Å². The second-order valence-corrected chi connectivity index (χ2v) is 5.18. The number of hydrogen-bond acceptors (Lipinski definition) is 4. The molecule has 1 unspecified atom stereocenters. The minimum atomic E-state index is -0.450. The lowest BCUT2D eigenvalue weighted by molar-refractivity contribution is -0.149. The van der Waals surface area contributed by atoms with E-state index in [0.29, 0.717) is 6.54 Å². The minimum Gasteiger partial charge on any atom is -0.461 e. The highest BCUT2D eigenvalue weighted by molar-refractivity contribution is 5.87. The molecule has 1 atom stereocenters. The van der Waals surface area contributed by atoms with E-state index in [1.165, 1.54) is 0 Å². The summed E-state index contributed by atoms with van der Waals surface area (Å²) in [5.41, 5.74) is 0.946. The minimum absolute atomic E-state index is 0.000221. The van der Waals surface area contributed by atoms with Gasteiger partial charge in [-0.3, -0.25) is 9.59 Å². The quantitative estimate of drug-likeness (QED) is 0.803. The molecule has 2 rings (SSSR count). The first-order valence-electron chi connectivity index (χ1n) is 7.42. The number of carbonyl (C=O) groups excluding carboxylic acids is 2. The van der Waals surface area contributed by atoms with Crippen molar-refractivity contribution in [3.05, 3.63) is 35.9 Å². The maximum absolute atomic E-state index is 12.2. The molecule has 1 aromatic rings. The summed E-state index contributed by atoms with van der Waals surface area (Å²) in [6, 6.07) is 9.07. The Morgan fingerprint density at radius 2 is 2.14 bits per heavy atom. The molecule has 1 saturated heterocycles. The standard InChI is InChI=1S/C16H22N2O3/c1-2-9-18-10-8-17-14(16(18)20)11-15(19)21-12-13-6-4-3-5-7-13/h3-7,14,17H,2,8-12H2,1H3. The summed E-state index contributed by atoms with van der Waals surface area (Å²) in [7, 11) is 0. The van der Waals surface area contributed by atoms with Crippen molar-refractivity contribution >= 4 is 11.9 Å². The fraction of sp³-hybridized carbons (Fsp3) is 0.500. The molecule has 114 valence electrons. The van der Waals surface area contributed by atoms with E-state index in [1.54, 1.807) is 0 Å². The van der Waals surface area contributed by atoms with Crippen molar-refractivity contribution in [2.45, 2.75) is 32.4 Å². The van der Waals surface area contributed by atoms with Gasteiger partial charge in [0.05, 0.1) is 12.5 Å². The number of piperazine rings is 1. The number of rotatable bonds is 6. The van der Waals surface area contributed by atoms with Crippen molar-refractivity contribution < 1.29 is 14.3 Å². The summed E-state index contributed by atoms with van der Waals surface area (Å²) in [5, 5.41) is 3.09. The van der Waals surface area contributed by atoms with Crippen LogP contribution in [0.3, 0.4) is 0 Å². The maximum atomic E-state index is 12.2. The van der Waals surface area contributed by atoms with Gasteiger partial charge >= 0.3 is 5.97 Å². The lowest BCUT2D eigenvalue weighted by Gasteiger charge is -2.32. The highest BCUT2D eigenvalue weighted by Crippen LogP contribution is 2.08. The van der Waals surface area contributed by atoms with Crippen LogP contribution in [-0.2, 0) is 20.9 Å². The Hall–Kier alpha value is -1.88. The summed E-state index contributed by atoms with van der Waals surface area (Å²) in [6.45, 7) is 4.47. The SMILES string of the molecule is CCCN1CCNC(CC(=O)OCc2ccccc2)C1=O. The Kier molecular flexibility index (Phi) is 5.75. The number of ether oxygens (including phenoxy) is 1. The molecule has 1 N–H and O–H groups in total. The molecule has 1 aliphatic heterocycles. The van der Waals surface area contributed by atoms with Crippen LogP contribution in [0, 0.1) is 0 Å². The second kappa shape index (κ2) is 7.78. The van der Waals surface area contributed by atoms with Gasteiger partial charge in [-0.25, -0.2) is 0 Å². The number of amides is 1. The maximum Gasteiger partial charge on any atom is 0.308 e. The largest absolute Gasteiger partial charge is 0.461 e. The first-order chi connectivity index (χ1) is 10.2. The number of nitrogens with one attached hydrogen (secondary N) is 1. The Balaban J connectivity index is 1.80. The smallest absolute Gasteiger partial charge is 0.308 e. The van der Waals surface area contributed by atoms with Gasteiger partial charge in [0.25, 0.3) is 0 Å². The predicted octanol–water partition coefficient (Wildman–Crippen LogP) is 1.33. The summed E-state index contributed by atoms with van der Waals surface area (Å²) >= 11 is 0. The van der Waals surface area contributed by atoms with E-state index in [1.807, 2.05) is 42.2 Å². The first-order valence-corrected chi connectivity index (χ1v) is 7.42. The fourth-order valence-electron chi connectivity index (χ4n) is 2.41. The van der Waals surface area contributed by atoms with Crippen molar-refractivity contribution in [3.63, 3.8) is 0 Å². The van der Waals surface area contributed by atoms with Gasteiger partial charge in [-0.15, -0.1) is 0 Å². The molecule has 5 nitrogen and oxygen atoms in total. The molecule has 0 bridgehead atoms. The van der Waals surface area contributed by atoms with E-state index in [9.17, 15) is 9.59 Å². The van der Waals surface area contributed by atoms with E-state index < -0.39 is 6.04 Å². The zero-order valence-corrected chi connectivity index (χ0v) is 12.4. The van der Waals surface area contributed by atoms with E-state index in [0.717, 1.165) is 25.1 Å². The fourth-order valence-corrected chi connectivity index (χ4v) is 2.41. The molecule has 5 heteroatoms. The second-order valence-electron chi connectivity index (χ2n) is 5.18. The highest BCUT2D eigenvalue weighted by Gasteiger charge is 2.29. The predicted molar refractivity (Wildman–Crippen MR) is 79.5 cm³/mol. The molecule has 1 fully saturated rings. The van der Waals surface area contributed by atoms with Crippen molar-refractivity contribution in [3.8, 4) is 0 Å². The van der Waals surface area contributed by atoms with Crippen molar-refractivity contribution in [1.82, 2.24) is 10.2 Å². The average molecular weight is 290 g/mol. The summed E-state index contributed by atoms with van der Waals surface area (Å²) in [6.07, 6.45) is 1.02. The molecule has 0 aliphatic carbocycles. The molecule has 0 aromatic heterocycles. The van der Waals surface area contributed by atoms with Crippen LogP contribution in [0.5, 0.6) is 0 Å². The van der Waals surface area contributed by atoms with Gasteiger partial charge in [-0.1, -0.05) is 37.3 Å². The van der Waals surface area contributed by atoms with Crippen molar-refractivity contribution in [2.24, 2.45) is 0 Å². The van der Waals surface area contributed by atoms with Gasteiger partial charge in [-0.2, -0.15) is 0 Å². The third-order valence-electron chi connectivity index (χ3n) is 3.49. The van der Waals surface area contributed by atoms with Crippen LogP contribution in [0.25, 0.3) is 0 Å². The van der Waals surface area contributed by atoms with Gasteiger partial charge in [-0.05, 0) is 12.0 Å². The van der Waals surface area contributed by atoms with Crippen molar-refractivity contribution in [1.29, 1.82) is 0 Å². The molecule has 0 radical (unpaired) electrons. The summed E-state index contributed by atoms with van der Waals surface area (Å²) < 4.78 is 5.22. The number of nitrogens with zero attached hydrogens (tertiary/aromatic N) is 1. The Labute approximate surface area is 125 Å². The van der Waals surface area contributed by atoms with Crippen LogP contribution in [0.2, 0.25) is 0 Å².